The van der Waals surface area contributed by atoms with Crippen LogP contribution in [-0.4, -0.2) is 42.0 Å². The number of hydrogen-bond donors (Lipinski definition) is 0. The van der Waals surface area contributed by atoms with E-state index in [0.717, 1.165) is 37.4 Å². The van der Waals surface area contributed by atoms with Gasteiger partial charge in [0, 0.05) is 38.3 Å². The molecule has 0 amide bonds. The van der Waals surface area contributed by atoms with E-state index in [1.807, 2.05) is 12.1 Å². The molecule has 0 aromatic heterocycles. The third kappa shape index (κ3) is 3.53. The molecule has 0 radical (unpaired) electrons. The van der Waals surface area contributed by atoms with Crippen LogP contribution in [0.1, 0.15) is 39.2 Å². The predicted molar refractivity (Wildman–Crippen MR) is 86.1 cm³/mol. The first-order valence-electron chi connectivity index (χ1n) is 7.67. The highest BCUT2D eigenvalue weighted by molar-refractivity contribution is 5.65. The monoisotopic (exact) mass is 291 g/mol. The van der Waals surface area contributed by atoms with Crippen LogP contribution in [0.4, 0.5) is 11.4 Å². The first-order chi connectivity index (χ1) is 9.90. The van der Waals surface area contributed by atoms with Crippen molar-refractivity contribution in [2.75, 3.05) is 31.1 Å². The lowest BCUT2D eigenvalue weighted by molar-refractivity contribution is -0.384. The zero-order chi connectivity index (χ0) is 15.6. The Morgan fingerprint density at radius 3 is 2.19 bits per heavy atom. The largest absolute Gasteiger partial charge is 0.363 e. The third-order valence-corrected chi connectivity index (χ3v) is 4.25. The van der Waals surface area contributed by atoms with Gasteiger partial charge in [-0.3, -0.25) is 15.0 Å². The summed E-state index contributed by atoms with van der Waals surface area (Å²) in [5.41, 5.74) is 2.15. The Kier molecular flexibility index (Phi) is 4.83. The number of rotatable bonds is 4. The van der Waals surface area contributed by atoms with E-state index in [0.29, 0.717) is 12.0 Å². The van der Waals surface area contributed by atoms with Crippen molar-refractivity contribution in [2.24, 2.45) is 0 Å². The van der Waals surface area contributed by atoms with E-state index in [1.54, 1.807) is 6.07 Å². The Morgan fingerprint density at radius 1 is 1.10 bits per heavy atom. The summed E-state index contributed by atoms with van der Waals surface area (Å²) in [6.45, 7) is 12.2. The van der Waals surface area contributed by atoms with Gasteiger partial charge in [0.25, 0.3) is 5.69 Å². The van der Waals surface area contributed by atoms with Crippen molar-refractivity contribution in [3.63, 3.8) is 0 Å². The van der Waals surface area contributed by atoms with Gasteiger partial charge in [-0.25, -0.2) is 0 Å². The summed E-state index contributed by atoms with van der Waals surface area (Å²) in [6, 6.07) is 6.05. The molecular weight excluding hydrogens is 266 g/mol. The third-order valence-electron chi connectivity index (χ3n) is 4.25. The topological polar surface area (TPSA) is 49.6 Å². The van der Waals surface area contributed by atoms with Crippen LogP contribution in [0, 0.1) is 10.1 Å². The highest BCUT2D eigenvalue weighted by atomic mass is 16.6. The minimum absolute atomic E-state index is 0.220. The van der Waals surface area contributed by atoms with Crippen molar-refractivity contribution < 1.29 is 4.92 Å². The van der Waals surface area contributed by atoms with Crippen molar-refractivity contribution >= 4 is 11.4 Å². The Hall–Kier alpha value is -1.62. The number of piperazine rings is 1. The molecule has 21 heavy (non-hydrogen) atoms. The summed E-state index contributed by atoms with van der Waals surface area (Å²) in [7, 11) is 0. The van der Waals surface area contributed by atoms with E-state index in [1.165, 1.54) is 0 Å². The van der Waals surface area contributed by atoms with Crippen molar-refractivity contribution in [2.45, 2.75) is 39.7 Å². The molecule has 116 valence electrons. The maximum atomic E-state index is 11.3. The fourth-order valence-corrected chi connectivity index (χ4v) is 2.79. The molecule has 5 nitrogen and oxygen atoms in total. The normalized spacial score (nSPS) is 16.8. The highest BCUT2D eigenvalue weighted by Crippen LogP contribution is 2.32. The van der Waals surface area contributed by atoms with Crippen LogP contribution in [0.15, 0.2) is 18.2 Å². The number of nitro groups is 1. The lowest BCUT2D eigenvalue weighted by Crippen LogP contribution is -2.49. The van der Waals surface area contributed by atoms with Gasteiger partial charge < -0.3 is 4.90 Å². The average molecular weight is 291 g/mol. The SMILES string of the molecule is CC(C)c1ccc([N+](=O)[O-])c(N2CCN(C(C)C)CC2)c1. The highest BCUT2D eigenvalue weighted by Gasteiger charge is 2.25. The molecule has 5 heteroatoms. The van der Waals surface area contributed by atoms with Gasteiger partial charge in [0.1, 0.15) is 5.69 Å². The second-order valence-corrected chi connectivity index (χ2v) is 6.28. The minimum Gasteiger partial charge on any atom is -0.363 e. The maximum Gasteiger partial charge on any atom is 0.292 e. The number of hydrogen-bond acceptors (Lipinski definition) is 4. The Morgan fingerprint density at radius 2 is 1.71 bits per heavy atom. The van der Waals surface area contributed by atoms with Crippen molar-refractivity contribution in [3.8, 4) is 0 Å². The predicted octanol–water partition coefficient (Wildman–Crippen LogP) is 3.25. The standard InChI is InChI=1S/C16H25N3O2/c1-12(2)14-5-6-15(19(20)21)16(11-14)18-9-7-17(8-10-18)13(3)4/h5-6,11-13H,7-10H2,1-4H3. The zero-order valence-corrected chi connectivity index (χ0v) is 13.4. The summed E-state index contributed by atoms with van der Waals surface area (Å²) in [5, 5.41) is 11.3. The minimum atomic E-state index is -0.270. The lowest BCUT2D eigenvalue weighted by atomic mass is 10.0. The Labute approximate surface area is 126 Å². The number of nitrogens with zero attached hydrogens (tertiary/aromatic N) is 3. The number of anilines is 1. The Bertz CT molecular complexity index is 506. The van der Waals surface area contributed by atoms with Gasteiger partial charge in [-0.1, -0.05) is 19.9 Å². The van der Waals surface area contributed by atoms with E-state index in [9.17, 15) is 10.1 Å². The molecule has 1 fully saturated rings. The van der Waals surface area contributed by atoms with Gasteiger partial charge in [-0.05, 0) is 31.4 Å². The molecule has 1 aliphatic rings. The average Bonchev–Trinajstić information content (AvgIpc) is 2.46. The summed E-state index contributed by atoms with van der Waals surface area (Å²) < 4.78 is 0. The molecule has 0 bridgehead atoms. The fraction of sp³-hybridized carbons (Fsp3) is 0.625. The van der Waals surface area contributed by atoms with Crippen LogP contribution in [0.5, 0.6) is 0 Å². The summed E-state index contributed by atoms with van der Waals surface area (Å²) in [4.78, 5) is 15.6. The van der Waals surface area contributed by atoms with Gasteiger partial charge in [0.05, 0.1) is 4.92 Å². The van der Waals surface area contributed by atoms with E-state index in [4.69, 9.17) is 0 Å². The maximum absolute atomic E-state index is 11.3. The first-order valence-corrected chi connectivity index (χ1v) is 7.67. The summed E-state index contributed by atoms with van der Waals surface area (Å²) in [5.74, 6) is 0.376. The van der Waals surface area contributed by atoms with E-state index < -0.39 is 0 Å². The molecule has 0 N–H and O–H groups in total. The van der Waals surface area contributed by atoms with E-state index >= 15 is 0 Å². The van der Waals surface area contributed by atoms with Crippen LogP contribution >= 0.6 is 0 Å². The van der Waals surface area contributed by atoms with E-state index in [-0.39, 0.29) is 10.6 Å². The first kappa shape index (κ1) is 15.8. The number of benzene rings is 1. The summed E-state index contributed by atoms with van der Waals surface area (Å²) in [6.07, 6.45) is 0. The van der Waals surface area contributed by atoms with Crippen molar-refractivity contribution in [3.05, 3.63) is 33.9 Å². The molecule has 0 atom stereocenters. The molecule has 2 rings (SSSR count). The molecular formula is C16H25N3O2. The molecule has 0 spiro atoms. The second-order valence-electron chi connectivity index (χ2n) is 6.28. The van der Waals surface area contributed by atoms with Crippen LogP contribution in [0.3, 0.4) is 0 Å². The summed E-state index contributed by atoms with van der Waals surface area (Å²) >= 11 is 0. The van der Waals surface area contributed by atoms with Crippen LogP contribution in [0.2, 0.25) is 0 Å². The molecule has 0 unspecified atom stereocenters. The van der Waals surface area contributed by atoms with Gasteiger partial charge >= 0.3 is 0 Å². The van der Waals surface area contributed by atoms with Crippen LogP contribution in [-0.2, 0) is 0 Å². The van der Waals surface area contributed by atoms with Gasteiger partial charge in [0.2, 0.25) is 0 Å². The Balaban J connectivity index is 2.25. The van der Waals surface area contributed by atoms with Gasteiger partial charge in [-0.2, -0.15) is 0 Å². The van der Waals surface area contributed by atoms with Gasteiger partial charge in [0.15, 0.2) is 0 Å². The molecule has 1 aliphatic heterocycles. The lowest BCUT2D eigenvalue weighted by Gasteiger charge is -2.38. The second kappa shape index (κ2) is 6.43. The quantitative estimate of drug-likeness (QED) is 0.631. The van der Waals surface area contributed by atoms with Gasteiger partial charge in [-0.15, -0.1) is 0 Å². The molecule has 1 saturated heterocycles. The zero-order valence-electron chi connectivity index (χ0n) is 13.4. The van der Waals surface area contributed by atoms with Crippen LogP contribution < -0.4 is 4.90 Å². The fourth-order valence-electron chi connectivity index (χ4n) is 2.79. The molecule has 0 saturated carbocycles. The van der Waals surface area contributed by atoms with Crippen LogP contribution in [0.25, 0.3) is 0 Å². The molecule has 1 aromatic rings. The number of nitro benzene ring substituents is 1. The molecule has 1 heterocycles. The van der Waals surface area contributed by atoms with Crippen molar-refractivity contribution in [1.82, 2.24) is 4.90 Å². The van der Waals surface area contributed by atoms with Crippen molar-refractivity contribution in [1.29, 1.82) is 0 Å². The molecule has 1 aromatic carbocycles. The van der Waals surface area contributed by atoms with E-state index in [2.05, 4.69) is 37.5 Å². The smallest absolute Gasteiger partial charge is 0.292 e. The molecule has 0 aliphatic carbocycles.